The molecular formula is C15H27F2IO2. The van der Waals surface area contributed by atoms with Gasteiger partial charge in [0.15, 0.2) is 0 Å². The number of alkyl halides is 3. The predicted octanol–water partition coefficient (Wildman–Crippen LogP) is 5.38. The van der Waals surface area contributed by atoms with Crippen molar-refractivity contribution >= 4 is 28.6 Å². The molecule has 0 fully saturated rings. The first kappa shape index (κ1) is 20.1. The minimum Gasteiger partial charge on any atom is -0.462 e. The average molecular weight is 404 g/mol. The lowest BCUT2D eigenvalue weighted by Gasteiger charge is -2.25. The van der Waals surface area contributed by atoms with Crippen molar-refractivity contribution in [1.82, 2.24) is 0 Å². The van der Waals surface area contributed by atoms with E-state index in [2.05, 4.69) is 11.7 Å². The fourth-order valence-electron chi connectivity index (χ4n) is 2.01. The lowest BCUT2D eigenvalue weighted by Crippen LogP contribution is -2.41. The van der Waals surface area contributed by atoms with Gasteiger partial charge in [-0.1, -0.05) is 75.0 Å². The SMILES string of the molecule is CCCCCCCCC(I)C(C)C(F)(F)C(=O)OCC. The predicted molar refractivity (Wildman–Crippen MR) is 86.5 cm³/mol. The molecule has 2 nitrogen and oxygen atoms in total. The molecule has 0 bridgehead atoms. The van der Waals surface area contributed by atoms with E-state index in [4.69, 9.17) is 0 Å². The van der Waals surface area contributed by atoms with E-state index in [9.17, 15) is 13.6 Å². The molecule has 0 saturated carbocycles. The number of rotatable bonds is 11. The van der Waals surface area contributed by atoms with Gasteiger partial charge in [-0.25, -0.2) is 4.79 Å². The second kappa shape index (κ2) is 10.7. The van der Waals surface area contributed by atoms with E-state index in [0.717, 1.165) is 19.3 Å². The molecule has 0 aromatic carbocycles. The van der Waals surface area contributed by atoms with Crippen molar-refractivity contribution in [1.29, 1.82) is 0 Å². The highest BCUT2D eigenvalue weighted by molar-refractivity contribution is 14.1. The molecule has 0 rings (SSSR count). The van der Waals surface area contributed by atoms with E-state index in [0.29, 0.717) is 0 Å². The van der Waals surface area contributed by atoms with Gasteiger partial charge in [0, 0.05) is 9.84 Å². The fraction of sp³-hybridized carbons (Fsp3) is 0.933. The van der Waals surface area contributed by atoms with E-state index in [1.807, 2.05) is 22.6 Å². The van der Waals surface area contributed by atoms with Gasteiger partial charge in [-0.2, -0.15) is 8.78 Å². The molecule has 5 heteroatoms. The number of hydrogen-bond acceptors (Lipinski definition) is 2. The van der Waals surface area contributed by atoms with Crippen LogP contribution in [0.25, 0.3) is 0 Å². The smallest absolute Gasteiger partial charge is 0.377 e. The third kappa shape index (κ3) is 7.18. The second-order valence-electron chi connectivity index (χ2n) is 5.20. The van der Waals surface area contributed by atoms with Crippen LogP contribution >= 0.6 is 22.6 Å². The normalized spacial score (nSPS) is 14.9. The number of carbonyl (C=O) groups excluding carboxylic acids is 1. The summed E-state index contributed by atoms with van der Waals surface area (Å²) in [6.45, 7) is 5.13. The van der Waals surface area contributed by atoms with Gasteiger partial charge in [-0.3, -0.25) is 0 Å². The second-order valence-corrected chi connectivity index (χ2v) is 6.80. The third-order valence-electron chi connectivity index (χ3n) is 3.50. The van der Waals surface area contributed by atoms with E-state index >= 15 is 0 Å². The first-order valence-electron chi connectivity index (χ1n) is 7.56. The molecule has 20 heavy (non-hydrogen) atoms. The first-order chi connectivity index (χ1) is 9.37. The van der Waals surface area contributed by atoms with E-state index in [1.165, 1.54) is 39.5 Å². The van der Waals surface area contributed by atoms with Crippen molar-refractivity contribution in [2.24, 2.45) is 5.92 Å². The summed E-state index contributed by atoms with van der Waals surface area (Å²) < 4.78 is 31.9. The molecule has 0 aromatic rings. The largest absolute Gasteiger partial charge is 0.462 e. The van der Waals surface area contributed by atoms with Gasteiger partial charge in [-0.15, -0.1) is 0 Å². The van der Waals surface area contributed by atoms with Gasteiger partial charge < -0.3 is 4.74 Å². The van der Waals surface area contributed by atoms with Crippen LogP contribution < -0.4 is 0 Å². The Hall–Kier alpha value is 0.0600. The maximum atomic E-state index is 13.8. The van der Waals surface area contributed by atoms with Crippen LogP contribution in [0.15, 0.2) is 0 Å². The van der Waals surface area contributed by atoms with Crippen LogP contribution in [-0.2, 0) is 9.53 Å². The molecule has 0 aliphatic heterocycles. The lowest BCUT2D eigenvalue weighted by atomic mass is 9.95. The molecule has 0 amide bonds. The van der Waals surface area contributed by atoms with E-state index in [1.54, 1.807) is 0 Å². The summed E-state index contributed by atoms with van der Waals surface area (Å²) in [5, 5.41) is 0. The zero-order chi connectivity index (χ0) is 15.6. The summed E-state index contributed by atoms with van der Waals surface area (Å²) in [7, 11) is 0. The zero-order valence-electron chi connectivity index (χ0n) is 12.8. The molecule has 0 spiro atoms. The Morgan fingerprint density at radius 2 is 1.70 bits per heavy atom. The molecule has 0 aliphatic rings. The van der Waals surface area contributed by atoms with E-state index < -0.39 is 17.8 Å². The number of unbranched alkanes of at least 4 members (excludes halogenated alkanes) is 5. The summed E-state index contributed by atoms with van der Waals surface area (Å²) in [5.74, 6) is -5.76. The summed E-state index contributed by atoms with van der Waals surface area (Å²) in [4.78, 5) is 11.3. The minimum absolute atomic E-state index is 0.00944. The Morgan fingerprint density at radius 3 is 2.25 bits per heavy atom. The highest BCUT2D eigenvalue weighted by Gasteiger charge is 2.48. The highest BCUT2D eigenvalue weighted by Crippen LogP contribution is 2.34. The maximum absolute atomic E-state index is 13.8. The Kier molecular flexibility index (Phi) is 10.8. The van der Waals surface area contributed by atoms with Crippen molar-refractivity contribution in [3.8, 4) is 0 Å². The van der Waals surface area contributed by atoms with Gasteiger partial charge in [-0.05, 0) is 13.3 Å². The molecule has 0 heterocycles. The summed E-state index contributed by atoms with van der Waals surface area (Å²) in [6, 6.07) is 0. The van der Waals surface area contributed by atoms with Crippen molar-refractivity contribution in [2.75, 3.05) is 6.61 Å². The summed E-state index contributed by atoms with van der Waals surface area (Å²) in [6.07, 6.45) is 7.58. The number of esters is 1. The molecule has 0 saturated heterocycles. The molecule has 0 aliphatic carbocycles. The summed E-state index contributed by atoms with van der Waals surface area (Å²) >= 11 is 2.04. The molecule has 120 valence electrons. The van der Waals surface area contributed by atoms with Crippen LogP contribution in [0.4, 0.5) is 8.78 Å². The van der Waals surface area contributed by atoms with Gasteiger partial charge in [0.2, 0.25) is 0 Å². The highest BCUT2D eigenvalue weighted by atomic mass is 127. The Bertz CT molecular complexity index is 273. The van der Waals surface area contributed by atoms with Gasteiger partial charge in [0.1, 0.15) is 0 Å². The molecular weight excluding hydrogens is 377 g/mol. The Morgan fingerprint density at radius 1 is 1.15 bits per heavy atom. The average Bonchev–Trinajstić information content (AvgIpc) is 2.41. The zero-order valence-corrected chi connectivity index (χ0v) is 14.9. The van der Waals surface area contributed by atoms with Gasteiger partial charge in [0.05, 0.1) is 6.61 Å². The monoisotopic (exact) mass is 404 g/mol. The standard InChI is InChI=1S/C15H27F2IO2/c1-4-6-7-8-9-10-11-13(18)12(3)15(16,17)14(19)20-5-2/h12-13H,4-11H2,1-3H3. The van der Waals surface area contributed by atoms with Crippen LogP contribution in [0.2, 0.25) is 0 Å². The van der Waals surface area contributed by atoms with Crippen LogP contribution in [-0.4, -0.2) is 22.4 Å². The molecule has 2 atom stereocenters. The number of halogens is 3. The molecule has 2 unspecified atom stereocenters. The Balaban J connectivity index is 4.06. The quantitative estimate of drug-likeness (QED) is 0.200. The van der Waals surface area contributed by atoms with Crippen LogP contribution in [0, 0.1) is 5.92 Å². The Labute approximate surface area is 135 Å². The van der Waals surface area contributed by atoms with E-state index in [-0.39, 0.29) is 10.5 Å². The number of hydrogen-bond donors (Lipinski definition) is 0. The first-order valence-corrected chi connectivity index (χ1v) is 8.81. The summed E-state index contributed by atoms with van der Waals surface area (Å²) in [5.41, 5.74) is 0. The maximum Gasteiger partial charge on any atom is 0.377 e. The van der Waals surface area contributed by atoms with Crippen molar-refractivity contribution < 1.29 is 18.3 Å². The van der Waals surface area contributed by atoms with Crippen molar-refractivity contribution in [2.45, 2.75) is 75.6 Å². The van der Waals surface area contributed by atoms with Crippen molar-refractivity contribution in [3.63, 3.8) is 0 Å². The van der Waals surface area contributed by atoms with Crippen LogP contribution in [0.5, 0.6) is 0 Å². The molecule has 0 N–H and O–H groups in total. The minimum atomic E-state index is -3.38. The van der Waals surface area contributed by atoms with Crippen molar-refractivity contribution in [3.05, 3.63) is 0 Å². The van der Waals surface area contributed by atoms with Gasteiger partial charge in [0.25, 0.3) is 0 Å². The van der Waals surface area contributed by atoms with Crippen LogP contribution in [0.3, 0.4) is 0 Å². The lowest BCUT2D eigenvalue weighted by molar-refractivity contribution is -0.178. The molecule has 0 radical (unpaired) electrons. The van der Waals surface area contributed by atoms with Gasteiger partial charge >= 0.3 is 11.9 Å². The number of ether oxygens (including phenoxy) is 1. The molecule has 0 aromatic heterocycles. The third-order valence-corrected chi connectivity index (χ3v) is 5.20. The number of carbonyl (C=O) groups is 1. The fourth-order valence-corrected chi connectivity index (χ4v) is 2.90. The van der Waals surface area contributed by atoms with Crippen LogP contribution in [0.1, 0.15) is 65.7 Å². The topological polar surface area (TPSA) is 26.3 Å².